The monoisotopic (exact) mass is 310 g/mol. The van der Waals surface area contributed by atoms with Gasteiger partial charge >= 0.3 is 0 Å². The van der Waals surface area contributed by atoms with Gasteiger partial charge in [0.05, 0.1) is 28.3 Å². The smallest absolute Gasteiger partial charge is 0.276 e. The van der Waals surface area contributed by atoms with E-state index in [1.165, 1.54) is 11.8 Å². The van der Waals surface area contributed by atoms with E-state index < -0.39 is 0 Å². The Labute approximate surface area is 122 Å². The number of hydrogen-bond donors (Lipinski definition) is 0. The summed E-state index contributed by atoms with van der Waals surface area (Å²) in [7, 11) is 0. The third kappa shape index (κ3) is 3.40. The van der Waals surface area contributed by atoms with Crippen molar-refractivity contribution in [2.24, 2.45) is 0 Å². The molecule has 0 aliphatic heterocycles. The van der Waals surface area contributed by atoms with Gasteiger partial charge in [-0.3, -0.25) is 0 Å². The molecular formula is C11H10N4OS3. The molecule has 3 heterocycles. The van der Waals surface area contributed by atoms with Crippen LogP contribution in [-0.4, -0.2) is 20.2 Å². The van der Waals surface area contributed by atoms with Gasteiger partial charge in [0.2, 0.25) is 5.89 Å². The standard InChI is InChI=1S/C11H10N4OS3/c1-7-13-8(4-18-7)2-10-14-15-11(16-10)19-5-9-3-17-6-12-9/h3-4,6H,2,5H2,1H3. The molecule has 3 aromatic heterocycles. The van der Waals surface area contributed by atoms with Crippen molar-refractivity contribution in [3.05, 3.63) is 38.6 Å². The number of nitrogens with zero attached hydrogens (tertiary/aromatic N) is 4. The predicted molar refractivity (Wildman–Crippen MR) is 75.6 cm³/mol. The van der Waals surface area contributed by atoms with Crippen LogP contribution in [0.15, 0.2) is 25.9 Å². The normalized spacial score (nSPS) is 11.0. The lowest BCUT2D eigenvalue weighted by atomic mass is 10.3. The number of thioether (sulfide) groups is 1. The largest absolute Gasteiger partial charge is 0.416 e. The summed E-state index contributed by atoms with van der Waals surface area (Å²) in [5.74, 6) is 1.35. The van der Waals surface area contributed by atoms with Gasteiger partial charge in [-0.2, -0.15) is 0 Å². The van der Waals surface area contributed by atoms with Crippen molar-refractivity contribution < 1.29 is 4.42 Å². The molecule has 3 rings (SSSR count). The molecule has 3 aromatic rings. The van der Waals surface area contributed by atoms with Crippen LogP contribution < -0.4 is 0 Å². The van der Waals surface area contributed by atoms with Crippen molar-refractivity contribution in [3.63, 3.8) is 0 Å². The first-order valence-corrected chi connectivity index (χ1v) is 8.33. The lowest BCUT2D eigenvalue weighted by Gasteiger charge is -1.91. The highest BCUT2D eigenvalue weighted by molar-refractivity contribution is 7.98. The Hall–Kier alpha value is -1.25. The maximum atomic E-state index is 5.58. The summed E-state index contributed by atoms with van der Waals surface area (Å²) in [6.45, 7) is 1.98. The molecule has 0 aliphatic carbocycles. The van der Waals surface area contributed by atoms with Gasteiger partial charge in [0.15, 0.2) is 0 Å². The van der Waals surface area contributed by atoms with Crippen LogP contribution in [-0.2, 0) is 12.2 Å². The summed E-state index contributed by atoms with van der Waals surface area (Å²) in [5, 5.41) is 13.7. The second-order valence-electron chi connectivity index (χ2n) is 3.76. The van der Waals surface area contributed by atoms with Crippen LogP contribution in [0, 0.1) is 6.92 Å². The summed E-state index contributed by atoms with van der Waals surface area (Å²) in [6, 6.07) is 0. The molecular weight excluding hydrogens is 300 g/mol. The second-order valence-corrected chi connectivity index (χ2v) is 6.47. The number of aromatic nitrogens is 4. The van der Waals surface area contributed by atoms with E-state index in [9.17, 15) is 0 Å². The Kier molecular flexibility index (Phi) is 3.90. The predicted octanol–water partition coefficient (Wildman–Crippen LogP) is 3.17. The van der Waals surface area contributed by atoms with Gasteiger partial charge in [0, 0.05) is 16.5 Å². The van der Waals surface area contributed by atoms with Gasteiger partial charge in [0.1, 0.15) is 0 Å². The Morgan fingerprint density at radius 2 is 2.21 bits per heavy atom. The van der Waals surface area contributed by atoms with E-state index in [1.807, 2.05) is 23.2 Å². The summed E-state index contributed by atoms with van der Waals surface area (Å²) >= 11 is 4.71. The molecule has 0 fully saturated rings. The molecule has 0 radical (unpaired) electrons. The van der Waals surface area contributed by atoms with Crippen LogP contribution in [0.3, 0.4) is 0 Å². The summed E-state index contributed by atoms with van der Waals surface area (Å²) < 4.78 is 5.58. The quantitative estimate of drug-likeness (QED) is 0.674. The van der Waals surface area contributed by atoms with Crippen molar-refractivity contribution in [2.75, 3.05) is 0 Å². The molecule has 8 heteroatoms. The third-order valence-electron chi connectivity index (χ3n) is 2.27. The average Bonchev–Trinajstić information content (AvgIpc) is 3.10. The average molecular weight is 310 g/mol. The number of thiazole rings is 2. The van der Waals surface area contributed by atoms with Gasteiger partial charge in [-0.15, -0.1) is 32.9 Å². The fourth-order valence-corrected chi connectivity index (χ4v) is 3.42. The summed E-state index contributed by atoms with van der Waals surface area (Å²) in [4.78, 5) is 8.58. The Morgan fingerprint density at radius 3 is 2.95 bits per heavy atom. The minimum absolute atomic E-state index is 0.579. The van der Waals surface area contributed by atoms with Gasteiger partial charge in [-0.05, 0) is 6.92 Å². The van der Waals surface area contributed by atoms with E-state index in [0.717, 1.165) is 22.1 Å². The molecule has 0 aliphatic rings. The number of aryl methyl sites for hydroxylation is 1. The fraction of sp³-hybridized carbons (Fsp3) is 0.273. The maximum absolute atomic E-state index is 5.58. The van der Waals surface area contributed by atoms with E-state index in [4.69, 9.17) is 4.42 Å². The van der Waals surface area contributed by atoms with Crippen molar-refractivity contribution in [2.45, 2.75) is 24.3 Å². The molecule has 0 spiro atoms. The molecule has 0 unspecified atom stereocenters. The van der Waals surface area contributed by atoms with Crippen molar-refractivity contribution in [3.8, 4) is 0 Å². The molecule has 0 saturated heterocycles. The van der Waals surface area contributed by atoms with Gasteiger partial charge in [-0.1, -0.05) is 11.8 Å². The van der Waals surface area contributed by atoms with Crippen LogP contribution in [0.5, 0.6) is 0 Å². The zero-order chi connectivity index (χ0) is 13.1. The van der Waals surface area contributed by atoms with Crippen LogP contribution in [0.25, 0.3) is 0 Å². The van der Waals surface area contributed by atoms with Crippen molar-refractivity contribution >= 4 is 34.4 Å². The number of rotatable bonds is 5. The minimum atomic E-state index is 0.579. The molecule has 0 saturated carbocycles. The first kappa shape index (κ1) is 12.8. The molecule has 0 aromatic carbocycles. The second kappa shape index (κ2) is 5.81. The van der Waals surface area contributed by atoms with Crippen molar-refractivity contribution in [1.29, 1.82) is 0 Å². The molecule has 5 nitrogen and oxygen atoms in total. The van der Waals surface area contributed by atoms with E-state index in [2.05, 4.69) is 20.2 Å². The Bertz CT molecular complexity index is 647. The lowest BCUT2D eigenvalue weighted by molar-refractivity contribution is 0.419. The Morgan fingerprint density at radius 1 is 1.26 bits per heavy atom. The zero-order valence-electron chi connectivity index (χ0n) is 10.1. The van der Waals surface area contributed by atoms with Crippen LogP contribution >= 0.6 is 34.4 Å². The highest BCUT2D eigenvalue weighted by atomic mass is 32.2. The molecule has 0 atom stereocenters. The first-order chi connectivity index (χ1) is 9.29. The first-order valence-electron chi connectivity index (χ1n) is 5.53. The molecule has 0 amide bonds. The van der Waals surface area contributed by atoms with E-state index in [0.29, 0.717) is 17.5 Å². The van der Waals surface area contributed by atoms with Crippen LogP contribution in [0.1, 0.15) is 22.3 Å². The topological polar surface area (TPSA) is 64.7 Å². The lowest BCUT2D eigenvalue weighted by Crippen LogP contribution is -1.88. The molecule has 19 heavy (non-hydrogen) atoms. The summed E-state index contributed by atoms with van der Waals surface area (Å²) in [5.41, 5.74) is 3.83. The van der Waals surface area contributed by atoms with Gasteiger partial charge < -0.3 is 4.42 Å². The number of hydrogen-bond acceptors (Lipinski definition) is 8. The fourth-order valence-electron chi connectivity index (χ4n) is 1.46. The molecule has 0 N–H and O–H groups in total. The Balaban J connectivity index is 1.60. The highest BCUT2D eigenvalue weighted by Crippen LogP contribution is 2.22. The highest BCUT2D eigenvalue weighted by Gasteiger charge is 2.10. The van der Waals surface area contributed by atoms with E-state index >= 15 is 0 Å². The third-order valence-corrected chi connectivity index (χ3v) is 4.58. The van der Waals surface area contributed by atoms with Crippen molar-refractivity contribution in [1.82, 2.24) is 20.2 Å². The van der Waals surface area contributed by atoms with Crippen LogP contribution in [0.4, 0.5) is 0 Å². The minimum Gasteiger partial charge on any atom is -0.416 e. The summed E-state index contributed by atoms with van der Waals surface area (Å²) in [6.07, 6.45) is 0.592. The van der Waals surface area contributed by atoms with Gasteiger partial charge in [-0.25, -0.2) is 9.97 Å². The van der Waals surface area contributed by atoms with E-state index in [-0.39, 0.29) is 0 Å². The molecule has 98 valence electrons. The van der Waals surface area contributed by atoms with Crippen LogP contribution in [0.2, 0.25) is 0 Å². The molecule has 0 bridgehead atoms. The SMILES string of the molecule is Cc1nc(Cc2nnc(SCc3cscn3)o2)cs1. The zero-order valence-corrected chi connectivity index (χ0v) is 12.5. The van der Waals surface area contributed by atoms with Gasteiger partial charge in [0.25, 0.3) is 5.22 Å². The van der Waals surface area contributed by atoms with E-state index in [1.54, 1.807) is 22.7 Å². The maximum Gasteiger partial charge on any atom is 0.276 e.